The van der Waals surface area contributed by atoms with Gasteiger partial charge in [0.25, 0.3) is 0 Å². The van der Waals surface area contributed by atoms with E-state index < -0.39 is 60.4 Å². The highest BCUT2D eigenvalue weighted by Gasteiger charge is 2.30. The third-order valence-corrected chi connectivity index (χ3v) is 5.42. The number of carboxylic acids is 1. The van der Waals surface area contributed by atoms with E-state index in [-0.39, 0.29) is 31.4 Å². The number of carboxylic acid groups (broad SMARTS) is 1. The van der Waals surface area contributed by atoms with E-state index in [4.69, 9.17) is 17.2 Å². The van der Waals surface area contributed by atoms with E-state index in [1.165, 1.54) is 24.3 Å². The molecule has 0 aliphatic heterocycles. The Balaban J connectivity index is 3.00. The van der Waals surface area contributed by atoms with E-state index in [9.17, 15) is 39.3 Å². The van der Waals surface area contributed by atoms with Crippen LogP contribution in [0, 0.1) is 0 Å². The molecule has 1 rings (SSSR count). The molecule has 206 valence electrons. The van der Waals surface area contributed by atoms with Gasteiger partial charge in [0.05, 0.1) is 12.6 Å². The molecule has 14 heteroatoms. The Morgan fingerprint density at radius 3 is 1.95 bits per heavy atom. The molecule has 0 aliphatic rings. The first kappa shape index (κ1) is 31.3. The van der Waals surface area contributed by atoms with Crippen LogP contribution in [0.4, 0.5) is 0 Å². The van der Waals surface area contributed by atoms with Gasteiger partial charge in [-0.05, 0) is 49.9 Å². The maximum absolute atomic E-state index is 13.0. The minimum Gasteiger partial charge on any atom is -0.508 e. The molecule has 37 heavy (non-hydrogen) atoms. The lowest BCUT2D eigenvalue weighted by Gasteiger charge is -2.24. The highest BCUT2D eigenvalue weighted by molar-refractivity contribution is 5.94. The van der Waals surface area contributed by atoms with Gasteiger partial charge in [-0.2, -0.15) is 0 Å². The Morgan fingerprint density at radius 1 is 0.838 bits per heavy atom. The Bertz CT molecular complexity index is 926. The van der Waals surface area contributed by atoms with Gasteiger partial charge in [0.15, 0.2) is 0 Å². The van der Waals surface area contributed by atoms with Crippen LogP contribution in [-0.4, -0.2) is 82.2 Å². The number of phenols is 1. The van der Waals surface area contributed by atoms with Crippen molar-refractivity contribution in [3.63, 3.8) is 0 Å². The van der Waals surface area contributed by atoms with Crippen LogP contribution in [0.1, 0.15) is 37.7 Å². The molecule has 1 aromatic carbocycles. The van der Waals surface area contributed by atoms with Crippen molar-refractivity contribution in [3.05, 3.63) is 29.8 Å². The number of carbonyl (C=O) groups is 5. The van der Waals surface area contributed by atoms with Crippen molar-refractivity contribution < 1.29 is 39.3 Å². The number of nitrogens with two attached hydrogens (primary N) is 3. The molecule has 0 aromatic heterocycles. The number of amides is 4. The van der Waals surface area contributed by atoms with Gasteiger partial charge in [-0.3, -0.25) is 19.2 Å². The van der Waals surface area contributed by atoms with Gasteiger partial charge in [-0.25, -0.2) is 4.79 Å². The van der Waals surface area contributed by atoms with Gasteiger partial charge < -0.3 is 48.5 Å². The number of aliphatic hydroxyl groups excluding tert-OH is 1. The molecule has 0 radical (unpaired) electrons. The number of benzene rings is 1. The highest BCUT2D eigenvalue weighted by atomic mass is 16.4. The van der Waals surface area contributed by atoms with Crippen molar-refractivity contribution in [3.8, 4) is 5.75 Å². The zero-order valence-electron chi connectivity index (χ0n) is 20.4. The second-order valence-corrected chi connectivity index (χ2v) is 8.47. The number of aliphatic carboxylic acids is 1. The summed E-state index contributed by atoms with van der Waals surface area (Å²) in [5, 5.41) is 35.7. The van der Waals surface area contributed by atoms with Gasteiger partial charge in [-0.1, -0.05) is 12.1 Å². The van der Waals surface area contributed by atoms with E-state index in [1.54, 1.807) is 0 Å². The summed E-state index contributed by atoms with van der Waals surface area (Å²) in [5.41, 5.74) is 16.7. The summed E-state index contributed by atoms with van der Waals surface area (Å²) in [5.74, 6) is -4.48. The van der Waals surface area contributed by atoms with Gasteiger partial charge in [0.1, 0.15) is 23.9 Å². The van der Waals surface area contributed by atoms with Crippen LogP contribution in [0.5, 0.6) is 5.75 Å². The normalized spacial score (nSPS) is 14.0. The van der Waals surface area contributed by atoms with E-state index in [0.717, 1.165) is 0 Å². The first-order valence-electron chi connectivity index (χ1n) is 11.7. The van der Waals surface area contributed by atoms with Crippen molar-refractivity contribution in [2.24, 2.45) is 17.2 Å². The quantitative estimate of drug-likeness (QED) is 0.0944. The zero-order chi connectivity index (χ0) is 28.0. The van der Waals surface area contributed by atoms with Crippen molar-refractivity contribution >= 4 is 29.6 Å². The summed E-state index contributed by atoms with van der Waals surface area (Å²) in [4.78, 5) is 60.6. The van der Waals surface area contributed by atoms with E-state index >= 15 is 0 Å². The average Bonchev–Trinajstić information content (AvgIpc) is 2.85. The first-order chi connectivity index (χ1) is 17.5. The van der Waals surface area contributed by atoms with Crippen molar-refractivity contribution in [2.45, 2.75) is 62.7 Å². The molecule has 14 nitrogen and oxygen atoms in total. The second kappa shape index (κ2) is 16.1. The predicted molar refractivity (Wildman–Crippen MR) is 132 cm³/mol. The maximum Gasteiger partial charge on any atom is 0.326 e. The van der Waals surface area contributed by atoms with Crippen LogP contribution in [0.2, 0.25) is 0 Å². The van der Waals surface area contributed by atoms with Crippen LogP contribution in [0.3, 0.4) is 0 Å². The molecule has 0 aliphatic carbocycles. The molecule has 1 aromatic rings. The van der Waals surface area contributed by atoms with E-state index in [2.05, 4.69) is 16.0 Å². The third-order valence-electron chi connectivity index (χ3n) is 5.42. The largest absolute Gasteiger partial charge is 0.508 e. The standard InChI is InChI=1S/C23H36N6O8/c24-10-2-1-3-16(23(36)37)27-21(34)17(11-13-4-6-14(31)7-5-13)28-22(35)18(12-30)29-20(33)15(25)8-9-19(26)32/h4-7,15-18,30-31H,1-3,8-12,24-25H2,(H2,26,32)(H,27,34)(H,28,35)(H,29,33)(H,36,37). The van der Waals surface area contributed by atoms with E-state index in [1.807, 2.05) is 0 Å². The monoisotopic (exact) mass is 524 g/mol. The average molecular weight is 525 g/mol. The fraction of sp³-hybridized carbons (Fsp3) is 0.522. The fourth-order valence-electron chi connectivity index (χ4n) is 3.27. The van der Waals surface area contributed by atoms with Crippen molar-refractivity contribution in [1.82, 2.24) is 16.0 Å². The summed E-state index contributed by atoms with van der Waals surface area (Å²) in [6.07, 6.45) is 0.820. The van der Waals surface area contributed by atoms with E-state index in [0.29, 0.717) is 24.9 Å². The number of aromatic hydroxyl groups is 1. The minimum atomic E-state index is -1.48. The van der Waals surface area contributed by atoms with Crippen LogP contribution in [0.15, 0.2) is 24.3 Å². The lowest BCUT2D eigenvalue weighted by Crippen LogP contribution is -2.58. The fourth-order valence-corrected chi connectivity index (χ4v) is 3.27. The van der Waals surface area contributed by atoms with Crippen molar-refractivity contribution in [1.29, 1.82) is 0 Å². The number of nitrogens with one attached hydrogen (secondary N) is 3. The molecule has 0 bridgehead atoms. The zero-order valence-corrected chi connectivity index (χ0v) is 20.4. The Morgan fingerprint density at radius 2 is 1.41 bits per heavy atom. The molecular formula is C23H36N6O8. The Kier molecular flexibility index (Phi) is 13.6. The van der Waals surface area contributed by atoms with Crippen molar-refractivity contribution in [2.75, 3.05) is 13.2 Å². The molecule has 0 heterocycles. The lowest BCUT2D eigenvalue weighted by atomic mass is 10.0. The smallest absolute Gasteiger partial charge is 0.326 e. The highest BCUT2D eigenvalue weighted by Crippen LogP contribution is 2.12. The number of aliphatic hydroxyl groups is 1. The third kappa shape index (κ3) is 11.7. The van der Waals surface area contributed by atoms with Crippen LogP contribution < -0.4 is 33.2 Å². The Hall–Kier alpha value is -3.75. The molecule has 12 N–H and O–H groups in total. The van der Waals surface area contributed by atoms with Gasteiger partial charge in [-0.15, -0.1) is 0 Å². The molecule has 4 atom stereocenters. The van der Waals surface area contributed by atoms with Gasteiger partial charge in [0, 0.05) is 12.8 Å². The number of hydrogen-bond donors (Lipinski definition) is 9. The molecule has 4 amide bonds. The number of rotatable bonds is 17. The summed E-state index contributed by atoms with van der Waals surface area (Å²) in [7, 11) is 0. The predicted octanol–water partition coefficient (Wildman–Crippen LogP) is -2.81. The van der Waals surface area contributed by atoms with Gasteiger partial charge in [0.2, 0.25) is 23.6 Å². The molecule has 4 unspecified atom stereocenters. The molecule has 0 fully saturated rings. The van der Waals surface area contributed by atoms with Crippen LogP contribution in [-0.2, 0) is 30.4 Å². The van der Waals surface area contributed by atoms with Crippen LogP contribution in [0.25, 0.3) is 0 Å². The molecular weight excluding hydrogens is 488 g/mol. The first-order valence-corrected chi connectivity index (χ1v) is 11.7. The number of phenolic OH excluding ortho intramolecular Hbond substituents is 1. The van der Waals surface area contributed by atoms with Crippen LogP contribution >= 0.6 is 0 Å². The minimum absolute atomic E-state index is 0.0182. The molecule has 0 saturated heterocycles. The number of unbranched alkanes of at least 4 members (excludes halogenated alkanes) is 1. The lowest BCUT2D eigenvalue weighted by molar-refractivity contribution is -0.142. The molecule has 0 saturated carbocycles. The number of primary amides is 1. The summed E-state index contributed by atoms with van der Waals surface area (Å²) in [6, 6.07) is 0.614. The number of carbonyl (C=O) groups excluding carboxylic acids is 4. The molecule has 0 spiro atoms. The SMILES string of the molecule is NCCCCC(NC(=O)C(Cc1ccc(O)cc1)NC(=O)C(CO)NC(=O)C(N)CCC(N)=O)C(=O)O. The summed E-state index contributed by atoms with van der Waals surface area (Å²) in [6.45, 7) is -0.467. The van der Waals surface area contributed by atoms with Gasteiger partial charge >= 0.3 is 5.97 Å². The summed E-state index contributed by atoms with van der Waals surface area (Å²) < 4.78 is 0. The second-order valence-electron chi connectivity index (χ2n) is 8.47. The topological polar surface area (TPSA) is 260 Å². The summed E-state index contributed by atoms with van der Waals surface area (Å²) >= 11 is 0. The Labute approximate surface area is 213 Å². The maximum atomic E-state index is 13.0. The number of hydrogen-bond acceptors (Lipinski definition) is 9.